The van der Waals surface area contributed by atoms with E-state index in [0.29, 0.717) is 0 Å². The first kappa shape index (κ1) is 31.1. The zero-order valence-electron chi connectivity index (χ0n) is 30.6. The Kier molecular flexibility index (Phi) is 6.64. The van der Waals surface area contributed by atoms with Gasteiger partial charge in [0.05, 0.1) is 5.41 Å². The Hall–Kier alpha value is -6.44. The normalized spacial score (nSPS) is 14.5. The summed E-state index contributed by atoms with van der Waals surface area (Å²) in [6.07, 6.45) is 0. The van der Waals surface area contributed by atoms with Crippen LogP contribution in [-0.4, -0.2) is 0 Å². The second-order valence-electron chi connectivity index (χ2n) is 15.6. The summed E-state index contributed by atoms with van der Waals surface area (Å²) >= 11 is 0. The van der Waals surface area contributed by atoms with Crippen molar-refractivity contribution in [3.63, 3.8) is 0 Å². The van der Waals surface area contributed by atoms with Gasteiger partial charge < -0.3 is 4.90 Å². The van der Waals surface area contributed by atoms with Gasteiger partial charge in [0.2, 0.25) is 0 Å². The monoisotopic (exact) mass is 689 g/mol. The van der Waals surface area contributed by atoms with Crippen LogP contribution in [-0.2, 0) is 17.4 Å². The van der Waals surface area contributed by atoms with Crippen molar-refractivity contribution in [1.29, 1.82) is 0 Å². The van der Waals surface area contributed by atoms with Crippen LogP contribution in [0.15, 0.2) is 188 Å². The third-order valence-electron chi connectivity index (χ3n) is 12.6. The van der Waals surface area contributed by atoms with Crippen LogP contribution < -0.4 is 4.90 Å². The minimum absolute atomic E-state index is 0.101. The molecule has 11 rings (SSSR count). The van der Waals surface area contributed by atoms with E-state index in [1.807, 2.05) is 0 Å². The molecule has 8 aromatic carbocycles. The average molecular weight is 690 g/mol. The molecule has 0 atom stereocenters. The molecule has 54 heavy (non-hydrogen) atoms. The van der Waals surface area contributed by atoms with Gasteiger partial charge in [0, 0.05) is 23.3 Å². The van der Waals surface area contributed by atoms with Gasteiger partial charge in [-0.3, -0.25) is 0 Å². The Labute approximate surface area is 317 Å². The second-order valence-corrected chi connectivity index (χ2v) is 15.6. The van der Waals surface area contributed by atoms with Gasteiger partial charge in [-0.05, 0) is 108 Å². The summed E-state index contributed by atoms with van der Waals surface area (Å²) in [7, 11) is 0. The molecule has 0 bridgehead atoms. The lowest BCUT2D eigenvalue weighted by Crippen LogP contribution is -2.26. The minimum atomic E-state index is -0.399. The van der Waals surface area contributed by atoms with Crippen molar-refractivity contribution in [3.05, 3.63) is 227 Å². The van der Waals surface area contributed by atoms with Crippen LogP contribution >= 0.6 is 0 Å². The SMILES string of the molecule is CC1(C)c2ccccc2-c2ccc(N(Cc3ccccc3-c3ccccc3)c3ccc4c(c3)C3(c5ccccc5-c5ccccc53)c3ccccc3-4)cc21. The molecule has 0 N–H and O–H groups in total. The van der Waals surface area contributed by atoms with Crippen LogP contribution in [0.2, 0.25) is 0 Å². The smallest absolute Gasteiger partial charge is 0.0726 e. The average Bonchev–Trinajstić information content (AvgIpc) is 3.79. The van der Waals surface area contributed by atoms with Crippen LogP contribution in [0.5, 0.6) is 0 Å². The predicted molar refractivity (Wildman–Crippen MR) is 224 cm³/mol. The Morgan fingerprint density at radius 3 is 1.33 bits per heavy atom. The first-order valence-electron chi connectivity index (χ1n) is 19.1. The molecular weight excluding hydrogens is 651 g/mol. The van der Waals surface area contributed by atoms with Crippen molar-refractivity contribution in [2.24, 2.45) is 0 Å². The summed E-state index contributed by atoms with van der Waals surface area (Å²) in [5.41, 5.74) is 21.9. The number of nitrogens with zero attached hydrogens (tertiary/aromatic N) is 1. The topological polar surface area (TPSA) is 3.24 Å². The molecule has 3 aliphatic rings. The Bertz CT molecular complexity index is 2720. The van der Waals surface area contributed by atoms with Crippen molar-refractivity contribution >= 4 is 11.4 Å². The van der Waals surface area contributed by atoms with E-state index in [-0.39, 0.29) is 5.41 Å². The molecule has 0 unspecified atom stereocenters. The molecule has 3 aliphatic carbocycles. The van der Waals surface area contributed by atoms with Crippen molar-refractivity contribution in [2.45, 2.75) is 31.2 Å². The minimum Gasteiger partial charge on any atom is -0.337 e. The summed E-state index contributed by atoms with van der Waals surface area (Å²) in [6, 6.07) is 70.4. The maximum absolute atomic E-state index is 2.56. The van der Waals surface area contributed by atoms with Gasteiger partial charge in [0.25, 0.3) is 0 Å². The van der Waals surface area contributed by atoms with Gasteiger partial charge in [-0.1, -0.05) is 178 Å². The molecular formula is C53H39N. The number of benzene rings is 8. The van der Waals surface area contributed by atoms with Gasteiger partial charge in [-0.2, -0.15) is 0 Å². The number of hydrogen-bond acceptors (Lipinski definition) is 1. The highest BCUT2D eigenvalue weighted by atomic mass is 15.1. The molecule has 0 saturated carbocycles. The molecule has 0 amide bonds. The number of hydrogen-bond donors (Lipinski definition) is 0. The molecule has 1 heteroatoms. The van der Waals surface area contributed by atoms with E-state index in [1.165, 1.54) is 94.8 Å². The molecule has 0 fully saturated rings. The first-order valence-corrected chi connectivity index (χ1v) is 19.1. The molecule has 256 valence electrons. The maximum Gasteiger partial charge on any atom is 0.0726 e. The Balaban J connectivity index is 1.15. The van der Waals surface area contributed by atoms with Crippen molar-refractivity contribution in [3.8, 4) is 44.5 Å². The van der Waals surface area contributed by atoms with Crippen LogP contribution in [0, 0.1) is 0 Å². The van der Waals surface area contributed by atoms with E-state index >= 15 is 0 Å². The lowest BCUT2D eigenvalue weighted by atomic mass is 9.70. The van der Waals surface area contributed by atoms with Crippen LogP contribution in [0.25, 0.3) is 44.5 Å². The Morgan fingerprint density at radius 2 is 0.759 bits per heavy atom. The largest absolute Gasteiger partial charge is 0.337 e. The standard InChI is InChI=1S/C53H39N/c1-52(2)46-24-12-8-20-40(46)44-30-28-37(32-50(44)52)54(34-36-18-6-7-19-39(36)35-16-4-3-5-17-35)38-29-31-45-43-23-11-15-27-49(43)53(51(45)33-38)47-25-13-9-21-41(47)42-22-10-14-26-48(42)53/h3-33H,34H2,1-2H3. The lowest BCUT2D eigenvalue weighted by Gasteiger charge is -2.33. The second kappa shape index (κ2) is 11.5. The van der Waals surface area contributed by atoms with E-state index in [1.54, 1.807) is 0 Å². The van der Waals surface area contributed by atoms with Gasteiger partial charge in [-0.25, -0.2) is 0 Å². The molecule has 0 saturated heterocycles. The van der Waals surface area contributed by atoms with Crippen molar-refractivity contribution in [2.75, 3.05) is 4.90 Å². The zero-order valence-corrected chi connectivity index (χ0v) is 30.6. The molecule has 8 aromatic rings. The molecule has 1 spiro atoms. The Morgan fingerprint density at radius 1 is 0.352 bits per heavy atom. The highest BCUT2D eigenvalue weighted by molar-refractivity contribution is 5.96. The number of rotatable bonds is 5. The molecule has 0 heterocycles. The van der Waals surface area contributed by atoms with E-state index in [0.717, 1.165) is 6.54 Å². The van der Waals surface area contributed by atoms with Gasteiger partial charge in [0.15, 0.2) is 0 Å². The van der Waals surface area contributed by atoms with Crippen molar-refractivity contribution < 1.29 is 0 Å². The quantitative estimate of drug-likeness (QED) is 0.174. The van der Waals surface area contributed by atoms with Gasteiger partial charge >= 0.3 is 0 Å². The third kappa shape index (κ3) is 4.21. The lowest BCUT2D eigenvalue weighted by molar-refractivity contribution is 0.660. The maximum atomic E-state index is 2.56. The van der Waals surface area contributed by atoms with E-state index < -0.39 is 5.41 Å². The summed E-state index contributed by atoms with van der Waals surface area (Å²) in [4.78, 5) is 2.56. The fourth-order valence-electron chi connectivity index (χ4n) is 10.2. The highest BCUT2D eigenvalue weighted by Gasteiger charge is 2.51. The number of anilines is 2. The predicted octanol–water partition coefficient (Wildman–Crippen LogP) is 13.3. The van der Waals surface area contributed by atoms with Crippen molar-refractivity contribution in [1.82, 2.24) is 0 Å². The first-order chi connectivity index (χ1) is 26.5. The number of fused-ring (bicyclic) bond motifs is 13. The summed E-state index contributed by atoms with van der Waals surface area (Å²) in [6.45, 7) is 5.48. The summed E-state index contributed by atoms with van der Waals surface area (Å²) in [5.74, 6) is 0. The summed E-state index contributed by atoms with van der Waals surface area (Å²) < 4.78 is 0. The molecule has 0 aromatic heterocycles. The van der Waals surface area contributed by atoms with Crippen LogP contribution in [0.1, 0.15) is 52.8 Å². The molecule has 0 aliphatic heterocycles. The fraction of sp³-hybridized carbons (Fsp3) is 0.0943. The molecule has 1 nitrogen and oxygen atoms in total. The van der Waals surface area contributed by atoms with Gasteiger partial charge in [0.1, 0.15) is 0 Å². The van der Waals surface area contributed by atoms with E-state index in [9.17, 15) is 0 Å². The van der Waals surface area contributed by atoms with Crippen LogP contribution in [0.4, 0.5) is 11.4 Å². The van der Waals surface area contributed by atoms with Gasteiger partial charge in [-0.15, -0.1) is 0 Å². The van der Waals surface area contributed by atoms with E-state index in [2.05, 4.69) is 207 Å². The van der Waals surface area contributed by atoms with Crippen LogP contribution in [0.3, 0.4) is 0 Å². The zero-order chi connectivity index (χ0) is 36.0. The third-order valence-corrected chi connectivity index (χ3v) is 12.6. The summed E-state index contributed by atoms with van der Waals surface area (Å²) in [5, 5.41) is 0. The molecule has 0 radical (unpaired) electrons. The fourth-order valence-corrected chi connectivity index (χ4v) is 10.2. The van der Waals surface area contributed by atoms with E-state index in [4.69, 9.17) is 0 Å². The highest BCUT2D eigenvalue weighted by Crippen LogP contribution is 2.63.